The number of carbonyl (C=O) groups excluding carboxylic acids is 1. The molecule has 0 bridgehead atoms. The molecule has 4 rings (SSSR count). The number of nitrogens with one attached hydrogen (secondary N) is 1. The summed E-state index contributed by atoms with van der Waals surface area (Å²) in [6, 6.07) is 6.01. The van der Waals surface area contributed by atoms with Gasteiger partial charge < -0.3 is 19.5 Å². The van der Waals surface area contributed by atoms with Gasteiger partial charge in [-0.15, -0.1) is 0 Å². The number of anilines is 1. The molecule has 0 spiro atoms. The minimum atomic E-state index is -2.69. The molecular weight excluding hydrogens is 441 g/mol. The first kappa shape index (κ1) is 22.5. The molecule has 1 aliphatic heterocycles. The molecule has 0 aromatic carbocycles. The van der Waals surface area contributed by atoms with Gasteiger partial charge in [-0.25, -0.2) is 18.2 Å². The molecule has 33 heavy (non-hydrogen) atoms. The fourth-order valence-corrected chi connectivity index (χ4v) is 3.30. The largest absolute Gasteiger partial charge is 0.455 e. The number of aryl methyl sites for hydroxylation is 1. The third kappa shape index (κ3) is 5.76. The van der Waals surface area contributed by atoms with Crippen molar-refractivity contribution in [3.05, 3.63) is 58.9 Å². The Balaban J connectivity index is 1.33. The summed E-state index contributed by atoms with van der Waals surface area (Å²) < 4.78 is 49.7. The van der Waals surface area contributed by atoms with Crippen LogP contribution in [0.4, 0.5) is 19.0 Å². The minimum absolute atomic E-state index is 0.00800. The van der Waals surface area contributed by atoms with Crippen molar-refractivity contribution < 1.29 is 27.2 Å². The Bertz CT molecular complexity index is 1130. The van der Waals surface area contributed by atoms with E-state index in [4.69, 9.17) is 9.26 Å². The van der Waals surface area contributed by atoms with Crippen molar-refractivity contribution in [2.24, 2.45) is 0 Å². The highest BCUT2D eigenvalue weighted by atomic mass is 19.3. The maximum Gasteiger partial charge on any atom is 0.319 e. The molecule has 0 unspecified atom stereocenters. The van der Waals surface area contributed by atoms with Gasteiger partial charge in [0.25, 0.3) is 12.3 Å². The second-order valence-electron chi connectivity index (χ2n) is 7.52. The molecule has 0 radical (unpaired) electrons. The molecule has 1 fully saturated rings. The van der Waals surface area contributed by atoms with Crippen molar-refractivity contribution in [2.75, 3.05) is 18.0 Å². The van der Waals surface area contributed by atoms with Crippen molar-refractivity contribution >= 4 is 11.7 Å². The third-order valence-electron chi connectivity index (χ3n) is 4.93. The lowest BCUT2D eigenvalue weighted by molar-refractivity contribution is 0.0941. The van der Waals surface area contributed by atoms with Crippen molar-refractivity contribution in [2.45, 2.75) is 39.1 Å². The molecule has 0 saturated carbocycles. The van der Waals surface area contributed by atoms with Crippen LogP contribution in [0.25, 0.3) is 0 Å². The Labute approximate surface area is 187 Å². The monoisotopic (exact) mass is 462 g/mol. The Hall–Kier alpha value is -3.70. The smallest absolute Gasteiger partial charge is 0.319 e. The summed E-state index contributed by atoms with van der Waals surface area (Å²) >= 11 is 0. The molecule has 1 N–H and O–H groups in total. The summed E-state index contributed by atoms with van der Waals surface area (Å²) in [7, 11) is 0. The fourth-order valence-electron chi connectivity index (χ4n) is 3.30. The Kier molecular flexibility index (Phi) is 6.71. The lowest BCUT2D eigenvalue weighted by Crippen LogP contribution is -2.23. The molecule has 1 atom stereocenters. The number of amides is 1. The highest BCUT2D eigenvalue weighted by Gasteiger charge is 2.24. The zero-order chi connectivity index (χ0) is 23.4. The summed E-state index contributed by atoms with van der Waals surface area (Å²) in [4.78, 5) is 26.2. The quantitative estimate of drug-likeness (QED) is 0.544. The Morgan fingerprint density at radius 3 is 2.94 bits per heavy atom. The van der Waals surface area contributed by atoms with Crippen LogP contribution in [0.15, 0.2) is 35.0 Å². The summed E-state index contributed by atoms with van der Waals surface area (Å²) in [5.41, 5.74) is 0.790. The van der Waals surface area contributed by atoms with Crippen molar-refractivity contribution in [3.63, 3.8) is 0 Å². The van der Waals surface area contributed by atoms with E-state index in [9.17, 15) is 18.0 Å². The van der Waals surface area contributed by atoms with Gasteiger partial charge in [0.1, 0.15) is 17.7 Å². The van der Waals surface area contributed by atoms with Crippen LogP contribution in [0.2, 0.25) is 0 Å². The molecule has 3 aromatic heterocycles. The molecular formula is C21H21F3N6O3. The molecule has 4 heterocycles. The molecule has 1 amide bonds. The van der Waals surface area contributed by atoms with Crippen molar-refractivity contribution in [1.29, 1.82) is 0 Å². The highest BCUT2D eigenvalue weighted by molar-refractivity contribution is 5.92. The number of carbonyl (C=O) groups is 1. The number of halogens is 3. The van der Waals surface area contributed by atoms with Crippen LogP contribution in [0.1, 0.15) is 46.0 Å². The number of rotatable bonds is 8. The fraction of sp³-hybridized carbons (Fsp3) is 0.381. The standard InChI is InChI=1S/C21H21F3N6O3/c1-12-6-18(30-5-3-14(22)10-30)28-21(27-12)32-11-15-8-17(29-33-15)20(31)26-9-13-2-4-25-16(7-13)19(23)24/h2,4,6-8,14,19H,3,5,9-11H2,1H3,(H,26,31)/t14-/m1/s1. The predicted molar refractivity (Wildman–Crippen MR) is 110 cm³/mol. The zero-order valence-electron chi connectivity index (χ0n) is 17.7. The number of ether oxygens (including phenoxy) is 1. The average Bonchev–Trinajstić information content (AvgIpc) is 3.45. The van der Waals surface area contributed by atoms with Crippen LogP contribution in [-0.4, -0.2) is 45.3 Å². The zero-order valence-corrected chi connectivity index (χ0v) is 17.7. The van der Waals surface area contributed by atoms with Gasteiger partial charge in [-0.3, -0.25) is 9.78 Å². The predicted octanol–water partition coefficient (Wildman–Crippen LogP) is 3.16. The van der Waals surface area contributed by atoms with Crippen LogP contribution >= 0.6 is 0 Å². The van der Waals surface area contributed by atoms with E-state index in [1.165, 1.54) is 24.4 Å². The van der Waals surface area contributed by atoms with Gasteiger partial charge >= 0.3 is 6.01 Å². The lowest BCUT2D eigenvalue weighted by Gasteiger charge is -2.17. The summed E-state index contributed by atoms with van der Waals surface area (Å²) in [6.07, 6.45) is -1.86. The second-order valence-corrected chi connectivity index (χ2v) is 7.52. The van der Waals surface area contributed by atoms with E-state index in [0.29, 0.717) is 30.0 Å². The average molecular weight is 462 g/mol. The van der Waals surface area contributed by atoms with E-state index in [0.717, 1.165) is 0 Å². The molecule has 12 heteroatoms. The molecule has 3 aromatic rings. The van der Waals surface area contributed by atoms with Gasteiger partial charge in [0.2, 0.25) is 0 Å². The van der Waals surface area contributed by atoms with E-state index in [-0.39, 0.29) is 42.9 Å². The Morgan fingerprint density at radius 2 is 2.18 bits per heavy atom. The van der Waals surface area contributed by atoms with Gasteiger partial charge in [0.15, 0.2) is 18.1 Å². The second kappa shape index (κ2) is 9.84. The summed E-state index contributed by atoms with van der Waals surface area (Å²) in [6.45, 7) is 2.58. The van der Waals surface area contributed by atoms with Crippen LogP contribution in [-0.2, 0) is 13.2 Å². The number of aromatic nitrogens is 4. The number of hydrogen-bond acceptors (Lipinski definition) is 8. The molecule has 1 aliphatic rings. The molecule has 0 aliphatic carbocycles. The van der Waals surface area contributed by atoms with Crippen molar-refractivity contribution in [1.82, 2.24) is 25.4 Å². The van der Waals surface area contributed by atoms with E-state index in [1.807, 2.05) is 4.90 Å². The topological polar surface area (TPSA) is 106 Å². The van der Waals surface area contributed by atoms with E-state index in [2.05, 4.69) is 25.4 Å². The van der Waals surface area contributed by atoms with Crippen LogP contribution in [0, 0.1) is 6.92 Å². The van der Waals surface area contributed by atoms with Gasteiger partial charge in [-0.1, -0.05) is 5.16 Å². The lowest BCUT2D eigenvalue weighted by atomic mass is 10.2. The first-order valence-corrected chi connectivity index (χ1v) is 10.2. The SMILES string of the molecule is Cc1cc(N2CC[C@@H](F)C2)nc(OCc2cc(C(=O)NCc3ccnc(C(F)F)c3)no2)n1. The van der Waals surface area contributed by atoms with Crippen LogP contribution in [0.5, 0.6) is 6.01 Å². The van der Waals surface area contributed by atoms with Crippen LogP contribution in [0.3, 0.4) is 0 Å². The highest BCUT2D eigenvalue weighted by Crippen LogP contribution is 2.23. The van der Waals surface area contributed by atoms with E-state index < -0.39 is 18.5 Å². The number of alkyl halides is 3. The van der Waals surface area contributed by atoms with Crippen LogP contribution < -0.4 is 15.0 Å². The normalized spacial score (nSPS) is 15.8. The summed E-state index contributed by atoms with van der Waals surface area (Å²) in [5, 5.41) is 6.29. The van der Waals surface area contributed by atoms with Gasteiger partial charge in [-0.2, -0.15) is 4.98 Å². The molecule has 174 valence electrons. The number of nitrogens with zero attached hydrogens (tertiary/aromatic N) is 5. The van der Waals surface area contributed by atoms with E-state index in [1.54, 1.807) is 13.0 Å². The van der Waals surface area contributed by atoms with Crippen molar-refractivity contribution in [3.8, 4) is 6.01 Å². The number of pyridine rings is 1. The Morgan fingerprint density at radius 1 is 1.33 bits per heavy atom. The first-order valence-electron chi connectivity index (χ1n) is 10.2. The minimum Gasteiger partial charge on any atom is -0.455 e. The maximum absolute atomic E-state index is 13.5. The van der Waals surface area contributed by atoms with Gasteiger partial charge in [-0.05, 0) is 31.0 Å². The van der Waals surface area contributed by atoms with E-state index >= 15 is 0 Å². The van der Waals surface area contributed by atoms with Gasteiger partial charge in [0.05, 0.1) is 6.54 Å². The first-order chi connectivity index (χ1) is 15.9. The maximum atomic E-state index is 13.5. The number of hydrogen-bond donors (Lipinski definition) is 1. The van der Waals surface area contributed by atoms with Gasteiger partial charge in [0, 0.05) is 37.1 Å². The summed E-state index contributed by atoms with van der Waals surface area (Å²) in [5.74, 6) is 0.311. The third-order valence-corrected chi connectivity index (χ3v) is 4.93. The molecule has 1 saturated heterocycles. The molecule has 9 nitrogen and oxygen atoms in total.